The molecule has 0 saturated heterocycles. The Balaban J connectivity index is 1.75. The lowest BCUT2D eigenvalue weighted by Crippen LogP contribution is -2.06. The summed E-state index contributed by atoms with van der Waals surface area (Å²) in [5.41, 5.74) is 5.36. The fourth-order valence-corrected chi connectivity index (χ4v) is 3.22. The molecule has 3 rings (SSSR count). The summed E-state index contributed by atoms with van der Waals surface area (Å²) >= 11 is 3.51. The monoisotopic (exact) mass is 439 g/mol. The molecule has 28 heavy (non-hydrogen) atoms. The van der Waals surface area contributed by atoms with E-state index in [4.69, 9.17) is 4.74 Å². The zero-order valence-corrected chi connectivity index (χ0v) is 17.4. The van der Waals surface area contributed by atoms with Gasteiger partial charge in [0.05, 0.1) is 5.56 Å². The van der Waals surface area contributed by atoms with Gasteiger partial charge in [-0.1, -0.05) is 51.8 Å². The first-order chi connectivity index (χ1) is 13.4. The second-order valence-corrected chi connectivity index (χ2v) is 7.63. The largest absolute Gasteiger partial charge is 0.489 e. The van der Waals surface area contributed by atoms with Crippen LogP contribution >= 0.6 is 15.9 Å². The Hall–Kier alpha value is -2.79. The van der Waals surface area contributed by atoms with Crippen molar-refractivity contribution in [3.63, 3.8) is 0 Å². The molecule has 0 unspecified atom stereocenters. The van der Waals surface area contributed by atoms with Crippen LogP contribution in [0.4, 0.5) is 5.69 Å². The van der Waals surface area contributed by atoms with E-state index in [1.54, 1.807) is 12.1 Å². The molecule has 0 radical (unpaired) electrons. The first-order valence-corrected chi connectivity index (χ1v) is 9.76. The number of hydrogen-bond donors (Lipinski definition) is 2. The first-order valence-electron chi connectivity index (χ1n) is 8.97. The maximum absolute atomic E-state index is 11.2. The molecule has 144 valence electrons. The van der Waals surface area contributed by atoms with Gasteiger partial charge in [-0.25, -0.2) is 4.79 Å². The Labute approximate surface area is 173 Å². The summed E-state index contributed by atoms with van der Waals surface area (Å²) in [6, 6.07) is 19.2. The maximum atomic E-state index is 11.2. The minimum Gasteiger partial charge on any atom is -0.489 e. The number of halogens is 1. The Morgan fingerprint density at radius 3 is 2.50 bits per heavy atom. The van der Waals surface area contributed by atoms with Crippen molar-refractivity contribution in [2.75, 3.05) is 5.32 Å². The molecule has 0 heterocycles. The lowest BCUT2D eigenvalue weighted by Gasteiger charge is -2.15. The molecule has 0 aliphatic heterocycles. The van der Waals surface area contributed by atoms with E-state index in [0.717, 1.165) is 32.6 Å². The summed E-state index contributed by atoms with van der Waals surface area (Å²) in [6.07, 6.45) is 0. The van der Waals surface area contributed by atoms with Crippen molar-refractivity contribution in [1.82, 2.24) is 0 Å². The zero-order chi connectivity index (χ0) is 20.1. The standard InChI is InChI=1S/C23H22BrNO3/c1-15-3-6-17(7-4-15)14-28-22-10-9-20(24)11-19(22)13-25-21-12-18(23(26)27)8-5-16(21)2/h3-12,25H,13-14H2,1-2H3,(H,26,27). The molecule has 0 fully saturated rings. The van der Waals surface area contributed by atoms with Crippen molar-refractivity contribution in [2.24, 2.45) is 0 Å². The van der Waals surface area contributed by atoms with E-state index in [0.29, 0.717) is 13.2 Å². The number of carbonyl (C=O) groups is 1. The van der Waals surface area contributed by atoms with Gasteiger partial charge in [-0.15, -0.1) is 0 Å². The van der Waals surface area contributed by atoms with Crippen LogP contribution in [0.25, 0.3) is 0 Å². The van der Waals surface area contributed by atoms with Gasteiger partial charge in [-0.3, -0.25) is 0 Å². The van der Waals surface area contributed by atoms with Crippen LogP contribution in [-0.4, -0.2) is 11.1 Å². The zero-order valence-electron chi connectivity index (χ0n) is 15.8. The van der Waals surface area contributed by atoms with E-state index >= 15 is 0 Å². The van der Waals surface area contributed by atoms with Gasteiger partial charge in [0.15, 0.2) is 0 Å². The van der Waals surface area contributed by atoms with Crippen molar-refractivity contribution < 1.29 is 14.6 Å². The van der Waals surface area contributed by atoms with E-state index in [-0.39, 0.29) is 5.56 Å². The van der Waals surface area contributed by atoms with E-state index < -0.39 is 5.97 Å². The van der Waals surface area contributed by atoms with Crippen LogP contribution in [0, 0.1) is 13.8 Å². The summed E-state index contributed by atoms with van der Waals surface area (Å²) in [4.78, 5) is 11.2. The highest BCUT2D eigenvalue weighted by molar-refractivity contribution is 9.10. The van der Waals surface area contributed by atoms with Gasteiger partial charge in [-0.2, -0.15) is 0 Å². The van der Waals surface area contributed by atoms with Crippen molar-refractivity contribution in [1.29, 1.82) is 0 Å². The predicted molar refractivity (Wildman–Crippen MR) is 115 cm³/mol. The summed E-state index contributed by atoms with van der Waals surface area (Å²) < 4.78 is 7.00. The Morgan fingerprint density at radius 1 is 1.04 bits per heavy atom. The van der Waals surface area contributed by atoms with Gasteiger partial charge in [0.2, 0.25) is 0 Å². The molecule has 5 heteroatoms. The highest BCUT2D eigenvalue weighted by Gasteiger charge is 2.09. The summed E-state index contributed by atoms with van der Waals surface area (Å²) in [5, 5.41) is 12.5. The fourth-order valence-electron chi connectivity index (χ4n) is 2.81. The molecule has 0 aromatic heterocycles. The van der Waals surface area contributed by atoms with E-state index in [2.05, 4.69) is 52.4 Å². The molecule has 0 aliphatic rings. The molecule has 2 N–H and O–H groups in total. The molecule has 0 atom stereocenters. The number of anilines is 1. The summed E-state index contributed by atoms with van der Waals surface area (Å²) in [7, 11) is 0. The number of benzene rings is 3. The number of carboxylic acid groups (broad SMARTS) is 1. The number of rotatable bonds is 7. The van der Waals surface area contributed by atoms with Gasteiger partial charge in [0.1, 0.15) is 12.4 Å². The topological polar surface area (TPSA) is 58.6 Å². The molecule has 4 nitrogen and oxygen atoms in total. The van der Waals surface area contributed by atoms with Crippen LogP contribution in [0.5, 0.6) is 5.75 Å². The summed E-state index contributed by atoms with van der Waals surface area (Å²) in [6.45, 7) is 5.02. The van der Waals surface area contributed by atoms with Crippen LogP contribution in [0.1, 0.15) is 32.6 Å². The predicted octanol–water partition coefficient (Wildman–Crippen LogP) is 5.96. The molecule has 0 bridgehead atoms. The lowest BCUT2D eigenvalue weighted by molar-refractivity contribution is 0.0697. The van der Waals surface area contributed by atoms with Crippen LogP contribution in [0.3, 0.4) is 0 Å². The molecule has 3 aromatic rings. The number of aryl methyl sites for hydroxylation is 2. The SMILES string of the molecule is Cc1ccc(COc2ccc(Br)cc2CNc2cc(C(=O)O)ccc2C)cc1. The second-order valence-electron chi connectivity index (χ2n) is 6.71. The second kappa shape index (κ2) is 8.93. The summed E-state index contributed by atoms with van der Waals surface area (Å²) in [5.74, 6) is -0.143. The average Bonchev–Trinajstić information content (AvgIpc) is 2.67. The van der Waals surface area contributed by atoms with Crippen LogP contribution in [-0.2, 0) is 13.2 Å². The third-order valence-corrected chi connectivity index (χ3v) is 4.98. The van der Waals surface area contributed by atoms with Crippen LogP contribution in [0.2, 0.25) is 0 Å². The van der Waals surface area contributed by atoms with Crippen molar-refractivity contribution in [3.8, 4) is 5.75 Å². The lowest BCUT2D eigenvalue weighted by atomic mass is 10.1. The first kappa shape index (κ1) is 20.0. The Bertz CT molecular complexity index is 984. The van der Waals surface area contributed by atoms with E-state index in [1.165, 1.54) is 5.56 Å². The van der Waals surface area contributed by atoms with Crippen LogP contribution in [0.15, 0.2) is 65.1 Å². The molecule has 3 aromatic carbocycles. The van der Waals surface area contributed by atoms with Gasteiger partial charge in [0, 0.05) is 22.3 Å². The minimum atomic E-state index is -0.937. The quantitative estimate of drug-likeness (QED) is 0.476. The minimum absolute atomic E-state index is 0.262. The van der Waals surface area contributed by atoms with Crippen LogP contribution < -0.4 is 10.1 Å². The van der Waals surface area contributed by atoms with Gasteiger partial charge < -0.3 is 15.2 Å². The number of hydrogen-bond acceptors (Lipinski definition) is 3. The highest BCUT2D eigenvalue weighted by atomic mass is 79.9. The molecule has 0 spiro atoms. The van der Waals surface area contributed by atoms with Gasteiger partial charge in [0.25, 0.3) is 0 Å². The van der Waals surface area contributed by atoms with Crippen molar-refractivity contribution in [2.45, 2.75) is 27.0 Å². The number of nitrogens with one attached hydrogen (secondary N) is 1. The fraction of sp³-hybridized carbons (Fsp3) is 0.174. The molecular formula is C23H22BrNO3. The highest BCUT2D eigenvalue weighted by Crippen LogP contribution is 2.26. The average molecular weight is 440 g/mol. The number of ether oxygens (including phenoxy) is 1. The third kappa shape index (κ3) is 5.14. The van der Waals surface area contributed by atoms with Crippen molar-refractivity contribution in [3.05, 3.63) is 93.0 Å². The molecule has 0 saturated carbocycles. The number of carboxylic acids is 1. The van der Waals surface area contributed by atoms with E-state index in [9.17, 15) is 9.90 Å². The molecule has 0 amide bonds. The third-order valence-electron chi connectivity index (χ3n) is 4.49. The van der Waals surface area contributed by atoms with Crippen molar-refractivity contribution >= 4 is 27.6 Å². The normalized spacial score (nSPS) is 10.5. The smallest absolute Gasteiger partial charge is 0.335 e. The Kier molecular flexibility index (Phi) is 6.37. The van der Waals surface area contributed by atoms with Gasteiger partial charge in [-0.05, 0) is 55.3 Å². The molecular weight excluding hydrogens is 418 g/mol. The number of aromatic carboxylic acids is 1. The van der Waals surface area contributed by atoms with Gasteiger partial charge >= 0.3 is 5.97 Å². The molecule has 0 aliphatic carbocycles. The maximum Gasteiger partial charge on any atom is 0.335 e. The Morgan fingerprint density at radius 2 is 1.79 bits per heavy atom. The van der Waals surface area contributed by atoms with E-state index in [1.807, 2.05) is 31.2 Å².